The van der Waals surface area contributed by atoms with Gasteiger partial charge in [0.1, 0.15) is 0 Å². The molecule has 3 heteroatoms. The standard InChI is InChI=1S/C14H18N2O/c1-10(2)7-14(17)13(16)8-11-3-5-12(9-15)6-4-11/h3-6,10,14,16-17H,7-8H2,1-2H3/t14-/m1/s1. The van der Waals surface area contributed by atoms with Crippen molar-refractivity contribution in [2.24, 2.45) is 5.92 Å². The van der Waals surface area contributed by atoms with Gasteiger partial charge >= 0.3 is 0 Å². The summed E-state index contributed by atoms with van der Waals surface area (Å²) >= 11 is 0. The van der Waals surface area contributed by atoms with Gasteiger partial charge in [-0.05, 0) is 30.0 Å². The predicted octanol–water partition coefficient (Wildman–Crippen LogP) is 2.53. The molecule has 0 aliphatic rings. The van der Waals surface area contributed by atoms with Crippen LogP contribution in [0.15, 0.2) is 24.3 Å². The molecule has 2 N–H and O–H groups in total. The lowest BCUT2D eigenvalue weighted by Gasteiger charge is -2.14. The fourth-order valence-electron chi connectivity index (χ4n) is 1.62. The minimum atomic E-state index is -0.661. The van der Waals surface area contributed by atoms with E-state index in [1.165, 1.54) is 0 Å². The summed E-state index contributed by atoms with van der Waals surface area (Å²) in [6.07, 6.45) is 0.403. The van der Waals surface area contributed by atoms with E-state index in [1.54, 1.807) is 12.1 Å². The van der Waals surface area contributed by atoms with Crippen LogP contribution in [-0.4, -0.2) is 16.9 Å². The van der Waals surface area contributed by atoms with Crippen molar-refractivity contribution in [3.05, 3.63) is 35.4 Å². The Hall–Kier alpha value is -1.66. The summed E-state index contributed by atoms with van der Waals surface area (Å²) in [4.78, 5) is 0. The van der Waals surface area contributed by atoms with E-state index < -0.39 is 6.10 Å². The van der Waals surface area contributed by atoms with E-state index in [0.29, 0.717) is 30.0 Å². The zero-order valence-electron chi connectivity index (χ0n) is 10.3. The first-order valence-corrected chi connectivity index (χ1v) is 5.77. The first-order chi connectivity index (χ1) is 8.02. The van der Waals surface area contributed by atoms with E-state index in [0.717, 1.165) is 5.56 Å². The molecule has 90 valence electrons. The van der Waals surface area contributed by atoms with Gasteiger partial charge in [0.05, 0.1) is 17.7 Å². The maximum Gasteiger partial charge on any atom is 0.0991 e. The van der Waals surface area contributed by atoms with Crippen LogP contribution >= 0.6 is 0 Å². The molecular formula is C14H18N2O. The number of nitrogens with one attached hydrogen (secondary N) is 1. The third-order valence-corrected chi connectivity index (χ3v) is 2.57. The Bertz CT molecular complexity index is 415. The maximum atomic E-state index is 9.77. The van der Waals surface area contributed by atoms with E-state index in [1.807, 2.05) is 26.0 Å². The Labute approximate surface area is 102 Å². The summed E-state index contributed by atoms with van der Waals surface area (Å²) < 4.78 is 0. The fraction of sp³-hybridized carbons (Fsp3) is 0.429. The molecular weight excluding hydrogens is 212 g/mol. The van der Waals surface area contributed by atoms with E-state index in [-0.39, 0.29) is 0 Å². The lowest BCUT2D eigenvalue weighted by molar-refractivity contribution is 0.210. The van der Waals surface area contributed by atoms with Gasteiger partial charge in [-0.2, -0.15) is 5.26 Å². The van der Waals surface area contributed by atoms with Crippen LogP contribution in [0.4, 0.5) is 0 Å². The summed E-state index contributed by atoms with van der Waals surface area (Å²) in [6.45, 7) is 4.05. The van der Waals surface area contributed by atoms with Gasteiger partial charge in [0.15, 0.2) is 0 Å². The van der Waals surface area contributed by atoms with Crippen LogP contribution in [-0.2, 0) is 6.42 Å². The highest BCUT2D eigenvalue weighted by Crippen LogP contribution is 2.10. The lowest BCUT2D eigenvalue weighted by atomic mass is 9.97. The van der Waals surface area contributed by atoms with Gasteiger partial charge in [-0.1, -0.05) is 26.0 Å². The second-order valence-electron chi connectivity index (χ2n) is 4.66. The second kappa shape index (κ2) is 6.17. The van der Waals surface area contributed by atoms with Crippen LogP contribution < -0.4 is 0 Å². The highest BCUT2D eigenvalue weighted by atomic mass is 16.3. The SMILES string of the molecule is CC(C)C[C@@H](O)C(=N)Cc1ccc(C#N)cc1. The zero-order valence-corrected chi connectivity index (χ0v) is 10.3. The molecule has 0 saturated carbocycles. The van der Waals surface area contributed by atoms with Crippen molar-refractivity contribution in [1.82, 2.24) is 0 Å². The van der Waals surface area contributed by atoms with Crippen molar-refractivity contribution in [1.29, 1.82) is 10.7 Å². The molecule has 1 atom stereocenters. The summed E-state index contributed by atoms with van der Waals surface area (Å²) in [6, 6.07) is 9.18. The molecule has 1 aromatic rings. The molecule has 0 fully saturated rings. The lowest BCUT2D eigenvalue weighted by Crippen LogP contribution is -2.23. The van der Waals surface area contributed by atoms with Crippen LogP contribution in [0.1, 0.15) is 31.4 Å². The van der Waals surface area contributed by atoms with Crippen LogP contribution in [0, 0.1) is 22.7 Å². The number of aliphatic hydroxyl groups is 1. The number of nitrogens with zero attached hydrogens (tertiary/aromatic N) is 1. The molecule has 0 saturated heterocycles. The maximum absolute atomic E-state index is 9.77. The first kappa shape index (κ1) is 13.4. The second-order valence-corrected chi connectivity index (χ2v) is 4.66. The third-order valence-electron chi connectivity index (χ3n) is 2.57. The van der Waals surface area contributed by atoms with Crippen molar-refractivity contribution >= 4 is 5.71 Å². The van der Waals surface area contributed by atoms with Gasteiger partial charge in [0, 0.05) is 12.1 Å². The van der Waals surface area contributed by atoms with Crippen LogP contribution in [0.5, 0.6) is 0 Å². The Morgan fingerprint density at radius 2 is 1.94 bits per heavy atom. The highest BCUT2D eigenvalue weighted by molar-refractivity contribution is 5.87. The molecule has 1 aromatic carbocycles. The summed E-state index contributed by atoms with van der Waals surface area (Å²) in [5.41, 5.74) is 1.91. The van der Waals surface area contributed by atoms with Crippen molar-refractivity contribution in [2.45, 2.75) is 32.8 Å². The Morgan fingerprint density at radius 1 is 1.35 bits per heavy atom. The van der Waals surface area contributed by atoms with Crippen LogP contribution in [0.2, 0.25) is 0 Å². The number of rotatable bonds is 5. The molecule has 0 aliphatic heterocycles. The highest BCUT2D eigenvalue weighted by Gasteiger charge is 2.13. The van der Waals surface area contributed by atoms with Gasteiger partial charge in [-0.3, -0.25) is 0 Å². The third kappa shape index (κ3) is 4.38. The Morgan fingerprint density at radius 3 is 2.41 bits per heavy atom. The molecule has 0 aliphatic carbocycles. The number of nitriles is 1. The topological polar surface area (TPSA) is 67.9 Å². The Kier molecular flexibility index (Phi) is 4.86. The van der Waals surface area contributed by atoms with E-state index in [2.05, 4.69) is 6.07 Å². The largest absolute Gasteiger partial charge is 0.387 e. The van der Waals surface area contributed by atoms with Gasteiger partial charge in [-0.15, -0.1) is 0 Å². The molecule has 3 nitrogen and oxygen atoms in total. The molecule has 0 radical (unpaired) electrons. The molecule has 0 heterocycles. The van der Waals surface area contributed by atoms with E-state index in [9.17, 15) is 5.11 Å². The first-order valence-electron chi connectivity index (χ1n) is 5.77. The number of hydrogen-bond acceptors (Lipinski definition) is 3. The summed E-state index contributed by atoms with van der Waals surface area (Å²) in [5, 5.41) is 26.2. The summed E-state index contributed by atoms with van der Waals surface area (Å²) in [7, 11) is 0. The van der Waals surface area contributed by atoms with Crippen LogP contribution in [0.25, 0.3) is 0 Å². The quantitative estimate of drug-likeness (QED) is 0.763. The van der Waals surface area contributed by atoms with Crippen molar-refractivity contribution in [2.75, 3.05) is 0 Å². The van der Waals surface area contributed by atoms with Crippen molar-refractivity contribution < 1.29 is 5.11 Å². The van der Waals surface area contributed by atoms with Gasteiger partial charge < -0.3 is 10.5 Å². The molecule has 0 unspecified atom stereocenters. The minimum absolute atomic E-state index is 0.336. The number of benzene rings is 1. The fourth-order valence-corrected chi connectivity index (χ4v) is 1.62. The predicted molar refractivity (Wildman–Crippen MR) is 68.0 cm³/mol. The smallest absolute Gasteiger partial charge is 0.0991 e. The monoisotopic (exact) mass is 230 g/mol. The minimum Gasteiger partial charge on any atom is -0.387 e. The van der Waals surface area contributed by atoms with Crippen molar-refractivity contribution in [3.8, 4) is 6.07 Å². The average molecular weight is 230 g/mol. The molecule has 0 aromatic heterocycles. The van der Waals surface area contributed by atoms with Crippen LogP contribution in [0.3, 0.4) is 0 Å². The average Bonchev–Trinajstić information content (AvgIpc) is 2.29. The molecule has 1 rings (SSSR count). The number of aliphatic hydroxyl groups excluding tert-OH is 1. The Balaban J connectivity index is 2.59. The van der Waals surface area contributed by atoms with E-state index >= 15 is 0 Å². The molecule has 0 spiro atoms. The van der Waals surface area contributed by atoms with Gasteiger partial charge in [-0.25, -0.2) is 0 Å². The van der Waals surface area contributed by atoms with E-state index in [4.69, 9.17) is 10.7 Å². The van der Waals surface area contributed by atoms with Gasteiger partial charge in [0.2, 0.25) is 0 Å². The molecule has 0 amide bonds. The van der Waals surface area contributed by atoms with Crippen molar-refractivity contribution in [3.63, 3.8) is 0 Å². The number of hydrogen-bond donors (Lipinski definition) is 2. The molecule has 17 heavy (non-hydrogen) atoms. The zero-order chi connectivity index (χ0) is 12.8. The normalized spacial score (nSPS) is 12.2. The summed E-state index contributed by atoms with van der Waals surface area (Å²) in [5.74, 6) is 0.381. The molecule has 0 bridgehead atoms. The van der Waals surface area contributed by atoms with Gasteiger partial charge in [0.25, 0.3) is 0 Å².